The first-order valence-corrected chi connectivity index (χ1v) is 11.1. The number of hydrogen-bond acceptors (Lipinski definition) is 5. The van der Waals surface area contributed by atoms with Crippen LogP contribution in [0.15, 0.2) is 59.0 Å². The molecular formula is C25H22ClN3O3S. The van der Waals surface area contributed by atoms with E-state index in [1.165, 1.54) is 0 Å². The van der Waals surface area contributed by atoms with Crippen LogP contribution in [-0.2, 0) is 0 Å². The summed E-state index contributed by atoms with van der Waals surface area (Å²) in [6.45, 7) is 6.43. The molecule has 0 saturated heterocycles. The number of carbonyl (C=O) groups is 1. The molecule has 0 aliphatic carbocycles. The van der Waals surface area contributed by atoms with Gasteiger partial charge in [0.15, 0.2) is 10.7 Å². The topological polar surface area (TPSA) is 76.4 Å². The molecule has 0 spiro atoms. The van der Waals surface area contributed by atoms with Gasteiger partial charge in [0.25, 0.3) is 5.91 Å². The summed E-state index contributed by atoms with van der Waals surface area (Å²) in [4.78, 5) is 17.1. The molecule has 0 aliphatic heterocycles. The molecule has 1 amide bonds. The molecule has 4 aromatic rings. The molecule has 8 heteroatoms. The summed E-state index contributed by atoms with van der Waals surface area (Å²) in [7, 11) is 0. The van der Waals surface area contributed by atoms with Gasteiger partial charge in [0.1, 0.15) is 11.3 Å². The van der Waals surface area contributed by atoms with Crippen LogP contribution in [0.3, 0.4) is 0 Å². The molecule has 2 N–H and O–H groups in total. The first-order valence-electron chi connectivity index (χ1n) is 10.4. The lowest BCUT2D eigenvalue weighted by molar-refractivity contribution is 0.0977. The van der Waals surface area contributed by atoms with Crippen LogP contribution < -0.4 is 15.4 Å². The lowest BCUT2D eigenvalue weighted by atomic mass is 10.1. The summed E-state index contributed by atoms with van der Waals surface area (Å²) >= 11 is 11.5. The maximum Gasteiger partial charge on any atom is 0.257 e. The number of nitrogens with one attached hydrogen (secondary N) is 2. The second kappa shape index (κ2) is 9.60. The molecule has 0 atom stereocenters. The largest absolute Gasteiger partial charge is 0.492 e. The van der Waals surface area contributed by atoms with Gasteiger partial charge < -0.3 is 14.5 Å². The first-order chi connectivity index (χ1) is 15.8. The van der Waals surface area contributed by atoms with Gasteiger partial charge >= 0.3 is 0 Å². The zero-order valence-corrected chi connectivity index (χ0v) is 19.9. The Bertz CT molecular complexity index is 1350. The van der Waals surface area contributed by atoms with Gasteiger partial charge in [-0.05, 0) is 81.5 Å². The molecule has 0 aliphatic rings. The zero-order chi connectivity index (χ0) is 23.5. The highest BCUT2D eigenvalue weighted by molar-refractivity contribution is 7.80. The molecule has 0 fully saturated rings. The first kappa shape index (κ1) is 22.8. The minimum absolute atomic E-state index is 0.155. The highest BCUT2D eigenvalue weighted by Gasteiger charge is 2.13. The smallest absolute Gasteiger partial charge is 0.257 e. The number of fused-ring (bicyclic) bond motifs is 1. The molecule has 0 radical (unpaired) electrons. The Hall–Kier alpha value is -3.42. The van der Waals surface area contributed by atoms with Gasteiger partial charge in [0.2, 0.25) is 5.89 Å². The number of thiocarbonyl (C=S) groups is 1. The number of oxazole rings is 1. The van der Waals surface area contributed by atoms with Crippen LogP contribution in [0.2, 0.25) is 5.02 Å². The summed E-state index contributed by atoms with van der Waals surface area (Å²) in [5.41, 5.74) is 5.61. The summed E-state index contributed by atoms with van der Waals surface area (Å²) in [5.74, 6) is 0.701. The average molecular weight is 480 g/mol. The van der Waals surface area contributed by atoms with E-state index in [2.05, 4.69) is 21.7 Å². The summed E-state index contributed by atoms with van der Waals surface area (Å²) in [6.07, 6.45) is 0. The van der Waals surface area contributed by atoms with E-state index in [1.54, 1.807) is 18.2 Å². The fourth-order valence-corrected chi connectivity index (χ4v) is 3.92. The SMILES string of the molecule is CCOc1ccc(C(=O)NC(=S)Nc2ccc3oc(-c4cc(C)cc(C)c4)nc3c2)cc1Cl. The number of benzene rings is 3. The molecule has 1 aromatic heterocycles. The van der Waals surface area contributed by atoms with Gasteiger partial charge in [-0.1, -0.05) is 28.8 Å². The Morgan fingerprint density at radius 2 is 1.85 bits per heavy atom. The average Bonchev–Trinajstić information content (AvgIpc) is 3.18. The lowest BCUT2D eigenvalue weighted by Gasteiger charge is -2.11. The van der Waals surface area contributed by atoms with Crippen LogP contribution >= 0.6 is 23.8 Å². The minimum atomic E-state index is -0.378. The molecule has 6 nitrogen and oxygen atoms in total. The highest BCUT2D eigenvalue weighted by Crippen LogP contribution is 2.28. The third-order valence-electron chi connectivity index (χ3n) is 4.84. The van der Waals surface area contributed by atoms with Gasteiger partial charge in [-0.15, -0.1) is 0 Å². The molecular weight excluding hydrogens is 458 g/mol. The van der Waals surface area contributed by atoms with Crippen molar-refractivity contribution >= 4 is 51.6 Å². The number of ether oxygens (including phenoxy) is 1. The minimum Gasteiger partial charge on any atom is -0.492 e. The van der Waals surface area contributed by atoms with Crippen molar-refractivity contribution in [1.82, 2.24) is 10.3 Å². The Labute approximate surface area is 201 Å². The van der Waals surface area contributed by atoms with E-state index >= 15 is 0 Å². The second-order valence-electron chi connectivity index (χ2n) is 7.56. The van der Waals surface area contributed by atoms with Crippen LogP contribution in [0.5, 0.6) is 5.75 Å². The van der Waals surface area contributed by atoms with Crippen LogP contribution in [-0.4, -0.2) is 22.6 Å². The molecule has 0 unspecified atom stereocenters. The zero-order valence-electron chi connectivity index (χ0n) is 18.4. The molecule has 4 rings (SSSR count). The van der Waals surface area contributed by atoms with E-state index in [0.717, 1.165) is 16.7 Å². The molecule has 168 valence electrons. The van der Waals surface area contributed by atoms with Crippen molar-refractivity contribution in [2.75, 3.05) is 11.9 Å². The highest BCUT2D eigenvalue weighted by atomic mass is 35.5. The van der Waals surface area contributed by atoms with Crippen molar-refractivity contribution in [1.29, 1.82) is 0 Å². The number of amides is 1. The number of hydrogen-bond donors (Lipinski definition) is 2. The Morgan fingerprint density at radius 3 is 2.55 bits per heavy atom. The van der Waals surface area contributed by atoms with Crippen LogP contribution in [0, 0.1) is 13.8 Å². The third kappa shape index (κ3) is 5.32. The van der Waals surface area contributed by atoms with E-state index in [9.17, 15) is 4.79 Å². The Balaban J connectivity index is 1.46. The van der Waals surface area contributed by atoms with Gasteiger partial charge in [-0.2, -0.15) is 0 Å². The lowest BCUT2D eigenvalue weighted by Crippen LogP contribution is -2.34. The maximum atomic E-state index is 12.5. The summed E-state index contributed by atoms with van der Waals surface area (Å²) in [5, 5.41) is 6.18. The summed E-state index contributed by atoms with van der Waals surface area (Å²) < 4.78 is 11.3. The van der Waals surface area contributed by atoms with Crippen molar-refractivity contribution in [3.63, 3.8) is 0 Å². The quantitative estimate of drug-likeness (QED) is 0.327. The fraction of sp³-hybridized carbons (Fsp3) is 0.160. The monoisotopic (exact) mass is 479 g/mol. The summed E-state index contributed by atoms with van der Waals surface area (Å²) in [6, 6.07) is 16.4. The van der Waals surface area contributed by atoms with Crippen molar-refractivity contribution in [3.8, 4) is 17.2 Å². The molecule has 0 bridgehead atoms. The maximum absolute atomic E-state index is 12.5. The number of carbonyl (C=O) groups excluding carboxylic acids is 1. The van der Waals surface area contributed by atoms with Crippen molar-refractivity contribution in [3.05, 3.63) is 76.3 Å². The van der Waals surface area contributed by atoms with E-state index < -0.39 is 0 Å². The van der Waals surface area contributed by atoms with E-state index in [-0.39, 0.29) is 11.0 Å². The van der Waals surface area contributed by atoms with E-state index in [1.807, 2.05) is 51.1 Å². The number of rotatable bonds is 5. The van der Waals surface area contributed by atoms with Crippen molar-refractivity contribution in [2.45, 2.75) is 20.8 Å². The van der Waals surface area contributed by atoms with E-state index in [4.69, 9.17) is 33.0 Å². The number of aryl methyl sites for hydroxylation is 2. The number of anilines is 1. The van der Waals surface area contributed by atoms with Crippen molar-refractivity contribution < 1.29 is 13.9 Å². The van der Waals surface area contributed by atoms with Crippen LogP contribution in [0.4, 0.5) is 5.69 Å². The van der Waals surface area contributed by atoms with Crippen LogP contribution in [0.1, 0.15) is 28.4 Å². The number of halogens is 1. The normalized spacial score (nSPS) is 10.8. The van der Waals surface area contributed by atoms with Crippen LogP contribution in [0.25, 0.3) is 22.6 Å². The van der Waals surface area contributed by atoms with Crippen molar-refractivity contribution in [2.24, 2.45) is 0 Å². The molecule has 1 heterocycles. The standard InChI is InChI=1S/C25H22ClN3O3S/c1-4-31-21-7-5-16(12-19(21)26)23(30)29-25(33)27-18-6-8-22-20(13-18)28-24(32-22)17-10-14(2)9-15(3)11-17/h5-13H,4H2,1-3H3,(H2,27,29,30,33). The number of aromatic nitrogens is 1. The van der Waals surface area contributed by atoms with E-state index in [0.29, 0.717) is 45.6 Å². The Kier molecular flexibility index (Phi) is 6.62. The second-order valence-corrected chi connectivity index (χ2v) is 8.38. The molecule has 33 heavy (non-hydrogen) atoms. The predicted octanol–water partition coefficient (Wildman–Crippen LogP) is 6.29. The number of nitrogens with zero attached hydrogens (tertiary/aromatic N) is 1. The Morgan fingerprint density at radius 1 is 1.09 bits per heavy atom. The molecule has 0 saturated carbocycles. The van der Waals surface area contributed by atoms with Gasteiger partial charge in [0.05, 0.1) is 11.6 Å². The van der Waals surface area contributed by atoms with Gasteiger partial charge in [0, 0.05) is 16.8 Å². The third-order valence-corrected chi connectivity index (χ3v) is 5.33. The van der Waals surface area contributed by atoms with Gasteiger partial charge in [-0.25, -0.2) is 4.98 Å². The fourth-order valence-electron chi connectivity index (χ4n) is 3.48. The predicted molar refractivity (Wildman–Crippen MR) is 135 cm³/mol. The molecule has 3 aromatic carbocycles. The van der Waals surface area contributed by atoms with Gasteiger partial charge in [-0.3, -0.25) is 10.1 Å².